The molecule has 3 aromatic carbocycles. The normalized spacial score (nSPS) is 14.3. The Kier molecular flexibility index (Phi) is 7.88. The lowest BCUT2D eigenvalue weighted by Crippen LogP contribution is -2.27. The number of amides is 2. The Balaban J connectivity index is 1.50. The molecule has 1 aliphatic heterocycles. The van der Waals surface area contributed by atoms with E-state index in [0.717, 1.165) is 16.7 Å². The summed E-state index contributed by atoms with van der Waals surface area (Å²) in [6, 6.07) is 16.2. The first-order valence-corrected chi connectivity index (χ1v) is 12.1. The van der Waals surface area contributed by atoms with Gasteiger partial charge in [0.05, 0.1) is 31.2 Å². The van der Waals surface area contributed by atoms with Crippen LogP contribution >= 0.6 is 35.0 Å². The Labute approximate surface area is 221 Å². The summed E-state index contributed by atoms with van der Waals surface area (Å²) in [5, 5.41) is 0.425. The van der Waals surface area contributed by atoms with Gasteiger partial charge in [-0.1, -0.05) is 35.3 Å². The monoisotopic (exact) mass is 543 g/mol. The van der Waals surface area contributed by atoms with E-state index in [1.54, 1.807) is 66.7 Å². The number of carbonyl (C=O) groups excluding carboxylic acids is 3. The molecule has 0 bridgehead atoms. The van der Waals surface area contributed by atoms with E-state index in [1.165, 1.54) is 14.2 Å². The van der Waals surface area contributed by atoms with Crippen LogP contribution in [0.5, 0.6) is 17.2 Å². The van der Waals surface area contributed by atoms with Crippen molar-refractivity contribution in [2.75, 3.05) is 14.2 Å². The van der Waals surface area contributed by atoms with Crippen molar-refractivity contribution in [3.8, 4) is 17.2 Å². The lowest BCUT2D eigenvalue weighted by atomic mass is 10.1. The fraction of sp³-hybridized carbons (Fsp3) is 0.115. The van der Waals surface area contributed by atoms with Gasteiger partial charge in [-0.05, 0) is 77.5 Å². The molecule has 7 nitrogen and oxygen atoms in total. The predicted molar refractivity (Wildman–Crippen MR) is 139 cm³/mol. The fourth-order valence-corrected chi connectivity index (χ4v) is 4.66. The summed E-state index contributed by atoms with van der Waals surface area (Å²) in [5.41, 5.74) is 1.54. The minimum Gasteiger partial charge on any atom is -0.497 e. The van der Waals surface area contributed by atoms with Gasteiger partial charge < -0.3 is 14.2 Å². The van der Waals surface area contributed by atoms with Crippen molar-refractivity contribution < 1.29 is 28.6 Å². The van der Waals surface area contributed by atoms with Crippen LogP contribution in [0.3, 0.4) is 0 Å². The third-order valence-electron chi connectivity index (χ3n) is 5.23. The van der Waals surface area contributed by atoms with E-state index in [2.05, 4.69) is 0 Å². The molecule has 0 aromatic heterocycles. The van der Waals surface area contributed by atoms with Crippen molar-refractivity contribution in [3.05, 3.63) is 92.3 Å². The van der Waals surface area contributed by atoms with Crippen molar-refractivity contribution in [2.24, 2.45) is 0 Å². The number of halogens is 2. The molecule has 3 aromatic rings. The first-order chi connectivity index (χ1) is 17.3. The summed E-state index contributed by atoms with van der Waals surface area (Å²) in [7, 11) is 2.98. The van der Waals surface area contributed by atoms with Crippen molar-refractivity contribution in [1.29, 1.82) is 0 Å². The largest absolute Gasteiger partial charge is 0.497 e. The van der Waals surface area contributed by atoms with Crippen LogP contribution < -0.4 is 14.2 Å². The molecule has 4 rings (SSSR count). The first-order valence-electron chi connectivity index (χ1n) is 10.5. The number of esters is 1. The summed E-state index contributed by atoms with van der Waals surface area (Å²) < 4.78 is 15.9. The lowest BCUT2D eigenvalue weighted by Gasteiger charge is -2.13. The molecule has 0 spiro atoms. The van der Waals surface area contributed by atoms with Crippen molar-refractivity contribution >= 4 is 58.2 Å². The Morgan fingerprint density at radius 1 is 0.944 bits per heavy atom. The smallest absolute Gasteiger partial charge is 0.343 e. The summed E-state index contributed by atoms with van der Waals surface area (Å²) >= 11 is 12.9. The van der Waals surface area contributed by atoms with Gasteiger partial charge in [0.2, 0.25) is 0 Å². The average molecular weight is 544 g/mol. The molecule has 1 saturated heterocycles. The lowest BCUT2D eigenvalue weighted by molar-refractivity contribution is -0.123. The van der Waals surface area contributed by atoms with Crippen LogP contribution in [-0.2, 0) is 11.3 Å². The van der Waals surface area contributed by atoms with E-state index >= 15 is 0 Å². The molecule has 0 radical (unpaired) electrons. The van der Waals surface area contributed by atoms with Crippen LogP contribution in [0.25, 0.3) is 6.08 Å². The van der Waals surface area contributed by atoms with Gasteiger partial charge >= 0.3 is 5.97 Å². The minimum absolute atomic E-state index is 0.0293. The summed E-state index contributed by atoms with van der Waals surface area (Å²) in [6.45, 7) is 0.0293. The number of hydrogen-bond donors (Lipinski definition) is 0. The topological polar surface area (TPSA) is 82.1 Å². The number of imide groups is 1. The van der Waals surface area contributed by atoms with Gasteiger partial charge in [-0.3, -0.25) is 14.5 Å². The summed E-state index contributed by atoms with van der Waals surface area (Å²) in [6.07, 6.45) is 1.58. The third kappa shape index (κ3) is 5.67. The van der Waals surface area contributed by atoms with Gasteiger partial charge in [-0.15, -0.1) is 0 Å². The molecule has 1 aliphatic rings. The Bertz CT molecular complexity index is 1370. The van der Waals surface area contributed by atoms with Crippen LogP contribution in [0.1, 0.15) is 21.5 Å². The van der Waals surface area contributed by atoms with Crippen LogP contribution in [0.2, 0.25) is 10.0 Å². The minimum atomic E-state index is -0.564. The molecule has 36 heavy (non-hydrogen) atoms. The second-order valence-electron chi connectivity index (χ2n) is 7.53. The maximum atomic E-state index is 12.9. The van der Waals surface area contributed by atoms with E-state index in [9.17, 15) is 14.4 Å². The molecule has 0 saturated carbocycles. The number of carbonyl (C=O) groups is 3. The highest BCUT2D eigenvalue weighted by molar-refractivity contribution is 8.18. The second-order valence-corrected chi connectivity index (χ2v) is 9.37. The zero-order valence-corrected chi connectivity index (χ0v) is 21.4. The zero-order valence-electron chi connectivity index (χ0n) is 19.1. The maximum absolute atomic E-state index is 12.9. The number of ether oxygens (including phenoxy) is 3. The second kappa shape index (κ2) is 11.1. The Morgan fingerprint density at radius 2 is 1.69 bits per heavy atom. The average Bonchev–Trinajstić information content (AvgIpc) is 3.13. The van der Waals surface area contributed by atoms with Gasteiger partial charge in [0.1, 0.15) is 5.75 Å². The third-order valence-corrected chi connectivity index (χ3v) is 6.73. The molecule has 0 N–H and O–H groups in total. The molecule has 184 valence electrons. The summed E-state index contributed by atoms with van der Waals surface area (Å²) in [5.74, 6) is 0.114. The van der Waals surface area contributed by atoms with Gasteiger partial charge in [-0.2, -0.15) is 0 Å². The number of hydrogen-bond acceptors (Lipinski definition) is 7. The van der Waals surface area contributed by atoms with Gasteiger partial charge in [0.25, 0.3) is 11.1 Å². The first kappa shape index (κ1) is 25.6. The highest BCUT2D eigenvalue weighted by Crippen LogP contribution is 2.36. The number of nitrogens with zero attached hydrogens (tertiary/aromatic N) is 1. The SMILES string of the molecule is COc1ccc(C(=O)Oc2ccc(/C=C3\SC(=O)N(Cc4ccc(Cl)cc4Cl)C3=O)cc2OC)cc1. The standard InChI is InChI=1S/C26H19Cl2NO6S/c1-33-19-8-5-16(6-9-19)25(31)35-21-10-3-15(11-22(21)34-2)12-23-24(30)29(26(32)36-23)14-17-4-7-18(27)13-20(17)28/h3-13H,14H2,1-2H3/b23-12-. The molecular formula is C26H19Cl2NO6S. The van der Waals surface area contributed by atoms with Crippen LogP contribution in [-0.4, -0.2) is 36.2 Å². The van der Waals surface area contributed by atoms with Crippen LogP contribution in [0, 0.1) is 0 Å². The van der Waals surface area contributed by atoms with Gasteiger partial charge in [0.15, 0.2) is 11.5 Å². The Morgan fingerprint density at radius 3 is 2.36 bits per heavy atom. The van der Waals surface area contributed by atoms with Gasteiger partial charge in [0, 0.05) is 10.0 Å². The van der Waals surface area contributed by atoms with E-state index in [4.69, 9.17) is 37.4 Å². The molecule has 0 unspecified atom stereocenters. The van der Waals surface area contributed by atoms with Crippen molar-refractivity contribution in [3.63, 3.8) is 0 Å². The highest BCUT2D eigenvalue weighted by Gasteiger charge is 2.35. The van der Waals surface area contributed by atoms with E-state index < -0.39 is 17.1 Å². The van der Waals surface area contributed by atoms with Crippen molar-refractivity contribution in [2.45, 2.75) is 6.54 Å². The molecule has 10 heteroatoms. The fourth-order valence-electron chi connectivity index (χ4n) is 3.35. The van der Waals surface area contributed by atoms with Crippen LogP contribution in [0.4, 0.5) is 4.79 Å². The molecular weight excluding hydrogens is 525 g/mol. The maximum Gasteiger partial charge on any atom is 0.343 e. The molecule has 2 amide bonds. The zero-order chi connectivity index (χ0) is 25.8. The van der Waals surface area contributed by atoms with Crippen LogP contribution in [0.15, 0.2) is 65.6 Å². The van der Waals surface area contributed by atoms with E-state index in [-0.39, 0.29) is 22.9 Å². The predicted octanol–water partition coefficient (Wildman–Crippen LogP) is 6.47. The summed E-state index contributed by atoms with van der Waals surface area (Å²) in [4.78, 5) is 39.3. The number of thioether (sulfide) groups is 1. The molecule has 1 fully saturated rings. The Hall–Kier alpha value is -3.46. The van der Waals surface area contributed by atoms with Gasteiger partial charge in [-0.25, -0.2) is 4.79 Å². The number of benzene rings is 3. The van der Waals surface area contributed by atoms with E-state index in [1.807, 2.05) is 0 Å². The number of rotatable bonds is 7. The highest BCUT2D eigenvalue weighted by atomic mass is 35.5. The quantitative estimate of drug-likeness (QED) is 0.192. The molecule has 0 aliphatic carbocycles. The molecule has 1 heterocycles. The van der Waals surface area contributed by atoms with Crippen molar-refractivity contribution in [1.82, 2.24) is 4.90 Å². The van der Waals surface area contributed by atoms with E-state index in [0.29, 0.717) is 32.5 Å². The molecule has 0 atom stereocenters. The number of methoxy groups -OCH3 is 2.